The van der Waals surface area contributed by atoms with Crippen LogP contribution < -0.4 is 21.3 Å². The number of carbonyl (C=O) groups excluding carboxylic acids is 11. The fraction of sp³-hybridized carbons (Fsp3) is 0.817. The van der Waals surface area contributed by atoms with E-state index in [4.69, 9.17) is 0 Å². The predicted octanol–water partition coefficient (Wildman–Crippen LogP) is 4.47. The highest BCUT2D eigenvalue weighted by Gasteiger charge is 2.46. The Kier molecular flexibility index (Phi) is 37.3. The molecule has 26 heteroatoms. The van der Waals surface area contributed by atoms with Crippen molar-refractivity contribution in [2.45, 2.75) is 273 Å². The highest BCUT2D eigenvalue weighted by Crippen LogP contribution is 2.27. The maximum Gasteiger partial charge on any atom is 0.246 e. The number of Topliss-reactive ketones (excluding diaryl/α,β-unsaturated/α-hetero) is 1. The lowest BCUT2D eigenvalue weighted by atomic mass is 9.91. The number of ketones is 1. The Bertz CT molecular complexity index is 2640. The van der Waals surface area contributed by atoms with Gasteiger partial charge in [-0.15, -0.1) is 0 Å². The molecule has 7 N–H and O–H groups in total. The Morgan fingerprint density at radius 3 is 1.45 bits per heavy atom. The average Bonchev–Trinajstić information content (AvgIpc) is 0.806. The molecule has 25 nitrogen and oxygen atoms in total. The summed E-state index contributed by atoms with van der Waals surface area (Å²) in [5.74, 6) is -9.28. The molecule has 0 saturated carbocycles. The summed E-state index contributed by atoms with van der Waals surface area (Å²) in [7, 11) is 10.0. The number of aliphatic hydroxyl groups is 3. The number of aliphatic hydroxyl groups excluding tert-OH is 1. The van der Waals surface area contributed by atoms with Gasteiger partial charge in [0, 0.05) is 54.5 Å². The zero-order valence-electron chi connectivity index (χ0n) is 63.9. The zero-order chi connectivity index (χ0) is 75.2. The Morgan fingerprint density at radius 2 is 0.979 bits per heavy atom. The van der Waals surface area contributed by atoms with E-state index in [0.717, 1.165) is 4.90 Å². The largest absolute Gasteiger partial charge is 0.390 e. The summed E-state index contributed by atoms with van der Waals surface area (Å²) >= 11 is 1.39. The lowest BCUT2D eigenvalue weighted by Gasteiger charge is -2.41. The van der Waals surface area contributed by atoms with Crippen molar-refractivity contribution >= 4 is 76.6 Å². The van der Waals surface area contributed by atoms with Crippen molar-refractivity contribution in [2.24, 2.45) is 35.5 Å². The number of amides is 10. The van der Waals surface area contributed by atoms with E-state index in [2.05, 4.69) is 21.3 Å². The second kappa shape index (κ2) is 40.5. The second-order valence-electron chi connectivity index (χ2n) is 30.5. The lowest BCUT2D eigenvalue weighted by Crippen LogP contribution is -2.64. The van der Waals surface area contributed by atoms with Gasteiger partial charge in [0.2, 0.25) is 59.1 Å². The van der Waals surface area contributed by atoms with Crippen LogP contribution in [0.3, 0.4) is 0 Å². The normalized spacial score (nSPS) is 26.5. The minimum atomic E-state index is -1.65. The van der Waals surface area contributed by atoms with Crippen LogP contribution >= 0.6 is 11.8 Å². The molecule has 1 aliphatic rings. The summed E-state index contributed by atoms with van der Waals surface area (Å²) < 4.78 is 0. The molecule has 1 heterocycles. The summed E-state index contributed by atoms with van der Waals surface area (Å²) in [6.07, 6.45) is 4.34. The molecule has 1 saturated heterocycles. The molecule has 0 unspecified atom stereocenters. The molecule has 0 aromatic carbocycles. The monoisotopic (exact) mass is 1390 g/mol. The molecule has 13 atom stereocenters. The van der Waals surface area contributed by atoms with Crippen molar-refractivity contribution in [3.63, 3.8) is 0 Å². The molecule has 0 bridgehead atoms. The van der Waals surface area contributed by atoms with Gasteiger partial charge in [-0.25, -0.2) is 0 Å². The number of rotatable bonds is 22. The highest BCUT2D eigenvalue weighted by atomic mass is 32.2. The first-order valence-corrected chi connectivity index (χ1v) is 36.1. The molecule has 1 rings (SSSR count). The fourth-order valence-corrected chi connectivity index (χ4v) is 13.3. The number of thioether (sulfide) groups is 1. The number of nitrogens with one attached hydrogen (secondary N) is 4. The number of hydrogen-bond acceptors (Lipinski definition) is 16. The molecule has 0 aromatic heterocycles. The van der Waals surface area contributed by atoms with Gasteiger partial charge in [0.05, 0.1) is 29.9 Å². The molecular formula is C71H129N11O14S. The van der Waals surface area contributed by atoms with E-state index >= 15 is 28.8 Å². The first-order chi connectivity index (χ1) is 44.6. The quantitative estimate of drug-likeness (QED) is 0.0581. The molecule has 558 valence electrons. The first kappa shape index (κ1) is 89.3. The Morgan fingerprint density at radius 1 is 0.515 bits per heavy atom. The molecule has 10 amide bonds. The molecule has 0 radical (unpaired) electrons. The molecule has 0 aromatic rings. The summed E-state index contributed by atoms with van der Waals surface area (Å²) in [6, 6.07) is -14.0. The molecule has 1 fully saturated rings. The number of hydrogen-bond donors (Lipinski definition) is 7. The van der Waals surface area contributed by atoms with Crippen LogP contribution in [-0.4, -0.2) is 266 Å². The van der Waals surface area contributed by atoms with E-state index in [-0.39, 0.29) is 62.0 Å². The van der Waals surface area contributed by atoms with E-state index in [0.29, 0.717) is 25.0 Å². The SMILES string of the molecule is CC=CC[C@@H](C)[C@@H](O)[C@H]1C(=O)N[C@@H](CC)C(=O)N(C)[C@@H](CSCCCCC(C)(C)O)C(=O)CN(C)[C@@H](CC(C)(C)O)C(=O)N[C@@H](C(C)C)C(=O)N(C)[C@@H](CC(C)C)C(=O)N[C@@H](C)C(=O)N[C@H](C)C(=O)N(C)[C@@H](CC(C)C)C(=O)N(C)[C@@H](CC(C)C)C(=O)N(C)[C@@H](C(C)C)C(=O)N1C. The number of nitrogens with zero attached hydrogens (tertiary/aromatic N) is 7. The predicted molar refractivity (Wildman–Crippen MR) is 381 cm³/mol. The first-order valence-electron chi connectivity index (χ1n) is 35.0. The lowest BCUT2D eigenvalue weighted by molar-refractivity contribution is -0.157. The Balaban J connectivity index is 4.51. The van der Waals surface area contributed by atoms with E-state index in [1.165, 1.54) is 118 Å². The molecular weight excluding hydrogens is 1260 g/mol. The molecule has 97 heavy (non-hydrogen) atoms. The third-order valence-corrected chi connectivity index (χ3v) is 19.3. The average molecular weight is 1390 g/mol. The zero-order valence-corrected chi connectivity index (χ0v) is 64.7. The highest BCUT2D eigenvalue weighted by molar-refractivity contribution is 7.99. The van der Waals surface area contributed by atoms with Crippen LogP contribution in [0.15, 0.2) is 12.2 Å². The second-order valence-corrected chi connectivity index (χ2v) is 31.6. The van der Waals surface area contributed by atoms with E-state index in [9.17, 15) is 39.3 Å². The van der Waals surface area contributed by atoms with Gasteiger partial charge in [-0.3, -0.25) is 57.6 Å². The van der Waals surface area contributed by atoms with Crippen molar-refractivity contribution in [1.82, 2.24) is 55.6 Å². The maximum absolute atomic E-state index is 15.4. The van der Waals surface area contributed by atoms with Gasteiger partial charge in [0.25, 0.3) is 0 Å². The molecule has 1 aliphatic heterocycles. The van der Waals surface area contributed by atoms with Gasteiger partial charge in [0.1, 0.15) is 60.4 Å². The molecule has 0 spiro atoms. The fourth-order valence-electron chi connectivity index (χ4n) is 12.1. The van der Waals surface area contributed by atoms with Gasteiger partial charge < -0.3 is 66.0 Å². The molecule has 0 aliphatic carbocycles. The summed E-state index contributed by atoms with van der Waals surface area (Å²) in [4.78, 5) is 172. The topological polar surface area (TPSA) is 319 Å². The van der Waals surface area contributed by atoms with Crippen molar-refractivity contribution in [1.29, 1.82) is 0 Å². The number of likely N-dealkylation sites (N-methyl/N-ethyl adjacent to an activating group) is 7. The van der Waals surface area contributed by atoms with Crippen LogP contribution in [0.5, 0.6) is 0 Å². The van der Waals surface area contributed by atoms with Crippen molar-refractivity contribution in [3.8, 4) is 0 Å². The van der Waals surface area contributed by atoms with Crippen molar-refractivity contribution in [3.05, 3.63) is 12.2 Å². The summed E-state index contributed by atoms with van der Waals surface area (Å²) in [5.41, 5.74) is -2.41. The van der Waals surface area contributed by atoms with Gasteiger partial charge in [-0.05, 0) is 148 Å². The van der Waals surface area contributed by atoms with Gasteiger partial charge in [-0.1, -0.05) is 95.2 Å². The number of carbonyl (C=O) groups is 11. The van der Waals surface area contributed by atoms with Crippen molar-refractivity contribution < 1.29 is 68.1 Å². The van der Waals surface area contributed by atoms with Crippen LogP contribution in [0.4, 0.5) is 0 Å². The summed E-state index contributed by atoms with van der Waals surface area (Å²) in [5, 5.41) is 45.1. The number of unbranched alkanes of at least 4 members (excludes halogenated alkanes) is 1. The van der Waals surface area contributed by atoms with E-state index < -0.39 is 173 Å². The smallest absolute Gasteiger partial charge is 0.246 e. The van der Waals surface area contributed by atoms with Gasteiger partial charge >= 0.3 is 0 Å². The number of allylic oxidation sites excluding steroid dienone is 2. The van der Waals surface area contributed by atoms with Crippen LogP contribution in [0.25, 0.3) is 0 Å². The third-order valence-electron chi connectivity index (χ3n) is 18.2. The summed E-state index contributed by atoms with van der Waals surface area (Å²) in [6.45, 7) is 32.0. The van der Waals surface area contributed by atoms with E-state index in [1.807, 2.05) is 41.5 Å². The van der Waals surface area contributed by atoms with Gasteiger partial charge in [0.15, 0.2) is 5.78 Å². The Labute approximate surface area is 585 Å². The minimum Gasteiger partial charge on any atom is -0.390 e. The van der Waals surface area contributed by atoms with Gasteiger partial charge in [-0.2, -0.15) is 11.8 Å². The maximum atomic E-state index is 15.4. The van der Waals surface area contributed by atoms with Crippen LogP contribution in [-0.2, 0) is 52.7 Å². The third kappa shape index (κ3) is 27.7. The van der Waals surface area contributed by atoms with Crippen LogP contribution in [0, 0.1) is 35.5 Å². The standard InChI is InChI=1S/C71H129N11O14S/c1-27-29-32-46(13)59(84)58-63(88)74-49(28-2)65(90)80(24)54(40-97-34-31-30-33-70(16,17)95)55(83)39-76(20)53(38-71(18,19)96)62(87)75-56(44(9)10)68(93)77(21)50(35-41(3)4)61(86)72-47(14)60(85)73-48(15)64(89)78(22)51(36-42(5)6)66(91)79(23)52(37-43(7)8)67(92)81(25)57(45(11)12)69(94)82(58)26/h27,29,41-54,56-59,84,95-96H,28,30-40H2,1-26H3,(H,72,86)(H,73,85)(H,74,88)(H,75,87)/t46-,47+,48-,49+,50+,51+,52+,53+,54+,56+,57+,58+,59-/m1/s1. The van der Waals surface area contributed by atoms with Crippen LogP contribution in [0.1, 0.15) is 189 Å². The van der Waals surface area contributed by atoms with Crippen molar-refractivity contribution in [2.75, 3.05) is 67.4 Å². The Hall–Kier alpha value is -5.70. The van der Waals surface area contributed by atoms with Crippen LogP contribution in [0.2, 0.25) is 0 Å². The van der Waals surface area contributed by atoms with E-state index in [1.54, 1.807) is 74.5 Å². The minimum absolute atomic E-state index is 0.0118.